The van der Waals surface area contributed by atoms with E-state index in [4.69, 9.17) is 0 Å². The zero-order valence-electron chi connectivity index (χ0n) is 10.2. The van der Waals surface area contributed by atoms with E-state index in [2.05, 4.69) is 52.9 Å². The standard InChI is InChI=1S/C14H20BrN/c1-3-16(4-2)12-8-9-13-11(10-12)6-5-7-14(13)15/h5-7,12H,3-4,8-10H2,1-2H3. The molecule has 2 rings (SSSR count). The van der Waals surface area contributed by atoms with Gasteiger partial charge in [0.2, 0.25) is 0 Å². The van der Waals surface area contributed by atoms with Gasteiger partial charge in [-0.3, -0.25) is 0 Å². The second-order valence-corrected chi connectivity index (χ2v) is 5.35. The van der Waals surface area contributed by atoms with Crippen molar-refractivity contribution in [2.45, 2.75) is 39.2 Å². The Kier molecular flexibility index (Phi) is 4.04. The van der Waals surface area contributed by atoms with Crippen LogP contribution < -0.4 is 0 Å². The summed E-state index contributed by atoms with van der Waals surface area (Å²) < 4.78 is 1.29. The molecule has 0 radical (unpaired) electrons. The van der Waals surface area contributed by atoms with E-state index in [1.807, 2.05) is 0 Å². The fraction of sp³-hybridized carbons (Fsp3) is 0.571. The lowest BCUT2D eigenvalue weighted by Crippen LogP contribution is -2.39. The van der Waals surface area contributed by atoms with Crippen molar-refractivity contribution >= 4 is 15.9 Å². The zero-order valence-corrected chi connectivity index (χ0v) is 11.8. The van der Waals surface area contributed by atoms with E-state index >= 15 is 0 Å². The molecular formula is C14H20BrN. The van der Waals surface area contributed by atoms with Crippen LogP contribution in [0.2, 0.25) is 0 Å². The average Bonchev–Trinajstić information content (AvgIpc) is 2.31. The second kappa shape index (κ2) is 5.33. The predicted octanol–water partition coefficient (Wildman–Crippen LogP) is 3.65. The van der Waals surface area contributed by atoms with Crippen LogP contribution in [0.4, 0.5) is 0 Å². The van der Waals surface area contributed by atoms with Crippen LogP contribution in [-0.2, 0) is 12.8 Å². The van der Waals surface area contributed by atoms with Crippen LogP contribution in [0, 0.1) is 0 Å². The monoisotopic (exact) mass is 281 g/mol. The number of rotatable bonds is 3. The van der Waals surface area contributed by atoms with Crippen molar-refractivity contribution in [2.24, 2.45) is 0 Å². The van der Waals surface area contributed by atoms with Gasteiger partial charge in [0, 0.05) is 10.5 Å². The molecule has 88 valence electrons. The third-order valence-electron chi connectivity index (χ3n) is 3.73. The minimum atomic E-state index is 0.747. The SMILES string of the molecule is CCN(CC)C1CCc2c(Br)cccc2C1. The Morgan fingerprint density at radius 2 is 2.06 bits per heavy atom. The van der Waals surface area contributed by atoms with Gasteiger partial charge in [-0.1, -0.05) is 41.9 Å². The fourth-order valence-corrected chi connectivity index (χ4v) is 3.40. The summed E-state index contributed by atoms with van der Waals surface area (Å²) in [5.74, 6) is 0. The van der Waals surface area contributed by atoms with Gasteiger partial charge in [-0.15, -0.1) is 0 Å². The van der Waals surface area contributed by atoms with Gasteiger partial charge in [0.25, 0.3) is 0 Å². The molecule has 0 amide bonds. The summed E-state index contributed by atoms with van der Waals surface area (Å²) in [5.41, 5.74) is 3.07. The Hall–Kier alpha value is -0.340. The van der Waals surface area contributed by atoms with E-state index in [1.54, 1.807) is 0 Å². The van der Waals surface area contributed by atoms with Crippen molar-refractivity contribution in [1.82, 2.24) is 4.90 Å². The van der Waals surface area contributed by atoms with Crippen LogP contribution in [-0.4, -0.2) is 24.0 Å². The molecule has 16 heavy (non-hydrogen) atoms. The van der Waals surface area contributed by atoms with Crippen LogP contribution in [0.15, 0.2) is 22.7 Å². The highest BCUT2D eigenvalue weighted by atomic mass is 79.9. The third kappa shape index (κ3) is 2.33. The van der Waals surface area contributed by atoms with Crippen LogP contribution >= 0.6 is 15.9 Å². The van der Waals surface area contributed by atoms with E-state index in [0.717, 1.165) is 6.04 Å². The zero-order chi connectivity index (χ0) is 11.5. The third-order valence-corrected chi connectivity index (χ3v) is 4.47. The number of fused-ring (bicyclic) bond motifs is 1. The summed E-state index contributed by atoms with van der Waals surface area (Å²) in [7, 11) is 0. The minimum absolute atomic E-state index is 0.747. The maximum Gasteiger partial charge on any atom is 0.0210 e. The van der Waals surface area contributed by atoms with Gasteiger partial charge in [-0.25, -0.2) is 0 Å². The first kappa shape index (κ1) is 12.1. The molecule has 1 aromatic rings. The molecule has 1 nitrogen and oxygen atoms in total. The molecule has 2 heteroatoms. The second-order valence-electron chi connectivity index (χ2n) is 4.50. The summed E-state index contributed by atoms with van der Waals surface area (Å²) in [6, 6.07) is 7.36. The first-order valence-electron chi connectivity index (χ1n) is 6.26. The summed E-state index contributed by atoms with van der Waals surface area (Å²) in [6.45, 7) is 6.87. The van der Waals surface area contributed by atoms with E-state index in [-0.39, 0.29) is 0 Å². The largest absolute Gasteiger partial charge is 0.301 e. The molecule has 1 aliphatic rings. The number of nitrogens with zero attached hydrogens (tertiary/aromatic N) is 1. The Bertz CT molecular complexity index is 358. The highest BCUT2D eigenvalue weighted by Gasteiger charge is 2.23. The molecule has 0 spiro atoms. The smallest absolute Gasteiger partial charge is 0.0210 e. The normalized spacial score (nSPS) is 19.9. The Morgan fingerprint density at radius 3 is 2.75 bits per heavy atom. The number of likely N-dealkylation sites (N-methyl/N-ethyl adjacent to an activating group) is 1. The first-order valence-corrected chi connectivity index (χ1v) is 7.05. The molecule has 0 saturated carbocycles. The van der Waals surface area contributed by atoms with Gasteiger partial charge in [-0.05, 0) is 49.5 Å². The maximum atomic E-state index is 3.66. The van der Waals surface area contributed by atoms with Gasteiger partial charge in [0.05, 0.1) is 0 Å². The predicted molar refractivity (Wildman–Crippen MR) is 72.9 cm³/mol. The Balaban J connectivity index is 2.17. The van der Waals surface area contributed by atoms with Gasteiger partial charge < -0.3 is 4.90 Å². The van der Waals surface area contributed by atoms with Crippen molar-refractivity contribution in [3.05, 3.63) is 33.8 Å². The van der Waals surface area contributed by atoms with Crippen LogP contribution in [0.5, 0.6) is 0 Å². The molecule has 1 aliphatic carbocycles. The molecule has 1 atom stereocenters. The highest BCUT2D eigenvalue weighted by Crippen LogP contribution is 2.29. The van der Waals surface area contributed by atoms with Crippen LogP contribution in [0.1, 0.15) is 31.4 Å². The molecule has 0 N–H and O–H groups in total. The lowest BCUT2D eigenvalue weighted by Gasteiger charge is -2.34. The van der Waals surface area contributed by atoms with E-state index in [0.29, 0.717) is 0 Å². The molecule has 0 saturated heterocycles. The molecule has 0 bridgehead atoms. The van der Waals surface area contributed by atoms with Crippen molar-refractivity contribution in [3.63, 3.8) is 0 Å². The Labute approximate surface area is 107 Å². The van der Waals surface area contributed by atoms with Crippen molar-refractivity contribution < 1.29 is 0 Å². The van der Waals surface area contributed by atoms with Gasteiger partial charge in [0.1, 0.15) is 0 Å². The van der Waals surface area contributed by atoms with E-state index in [9.17, 15) is 0 Å². The number of hydrogen-bond acceptors (Lipinski definition) is 1. The van der Waals surface area contributed by atoms with Gasteiger partial charge >= 0.3 is 0 Å². The van der Waals surface area contributed by atoms with E-state index < -0.39 is 0 Å². The van der Waals surface area contributed by atoms with E-state index in [1.165, 1.54) is 48.0 Å². The number of benzene rings is 1. The maximum absolute atomic E-state index is 3.66. The number of hydrogen-bond donors (Lipinski definition) is 0. The average molecular weight is 282 g/mol. The van der Waals surface area contributed by atoms with Crippen LogP contribution in [0.25, 0.3) is 0 Å². The van der Waals surface area contributed by atoms with Crippen LogP contribution in [0.3, 0.4) is 0 Å². The van der Waals surface area contributed by atoms with Gasteiger partial charge in [0.15, 0.2) is 0 Å². The molecule has 1 unspecified atom stereocenters. The topological polar surface area (TPSA) is 3.24 Å². The summed E-state index contributed by atoms with van der Waals surface area (Å²) in [5, 5.41) is 0. The lowest BCUT2D eigenvalue weighted by atomic mass is 9.87. The molecule has 0 heterocycles. The molecule has 0 aliphatic heterocycles. The summed E-state index contributed by atoms with van der Waals surface area (Å²) in [4.78, 5) is 2.59. The highest BCUT2D eigenvalue weighted by molar-refractivity contribution is 9.10. The minimum Gasteiger partial charge on any atom is -0.301 e. The molecule has 0 aromatic heterocycles. The van der Waals surface area contributed by atoms with Crippen molar-refractivity contribution in [3.8, 4) is 0 Å². The summed E-state index contributed by atoms with van der Waals surface area (Å²) >= 11 is 3.66. The van der Waals surface area contributed by atoms with Crippen molar-refractivity contribution in [2.75, 3.05) is 13.1 Å². The number of halogens is 1. The first-order chi connectivity index (χ1) is 7.76. The fourth-order valence-electron chi connectivity index (χ4n) is 2.79. The van der Waals surface area contributed by atoms with Crippen molar-refractivity contribution in [1.29, 1.82) is 0 Å². The lowest BCUT2D eigenvalue weighted by molar-refractivity contribution is 0.198. The van der Waals surface area contributed by atoms with Gasteiger partial charge in [-0.2, -0.15) is 0 Å². The molecule has 0 fully saturated rings. The summed E-state index contributed by atoms with van der Waals surface area (Å²) in [6.07, 6.45) is 3.74. The Morgan fingerprint density at radius 1 is 1.31 bits per heavy atom. The molecule has 1 aromatic carbocycles. The quantitative estimate of drug-likeness (QED) is 0.818. The molecular weight excluding hydrogens is 262 g/mol.